The molecular weight excluding hydrogens is 328 g/mol. The van der Waals surface area contributed by atoms with Crippen molar-refractivity contribution in [2.24, 2.45) is 0 Å². The summed E-state index contributed by atoms with van der Waals surface area (Å²) in [7, 11) is 0. The van der Waals surface area contributed by atoms with Gasteiger partial charge in [-0.1, -0.05) is 18.2 Å². The molecule has 0 aliphatic heterocycles. The number of amides is 1. The van der Waals surface area contributed by atoms with Crippen molar-refractivity contribution in [3.63, 3.8) is 0 Å². The molecule has 0 saturated carbocycles. The van der Waals surface area contributed by atoms with Crippen molar-refractivity contribution in [3.05, 3.63) is 64.3 Å². The maximum atomic E-state index is 12.2. The average molecular weight is 343 g/mol. The van der Waals surface area contributed by atoms with Crippen LogP contribution in [0.4, 0.5) is 5.69 Å². The summed E-state index contributed by atoms with van der Waals surface area (Å²) in [5, 5.41) is 4.08. The van der Waals surface area contributed by atoms with E-state index >= 15 is 0 Å². The first kappa shape index (κ1) is 13.9. The number of rotatable bonds is 3. The number of aromatic amines is 1. The zero-order valence-corrected chi connectivity index (χ0v) is 13.2. The van der Waals surface area contributed by atoms with E-state index in [1.165, 1.54) is 0 Å². The molecule has 3 aromatic rings. The molecule has 0 saturated heterocycles. The molecule has 0 unspecified atom stereocenters. The highest BCUT2D eigenvalue weighted by Gasteiger charge is 2.07. The van der Waals surface area contributed by atoms with E-state index in [0.717, 1.165) is 32.2 Å². The number of hydrogen-bond acceptors (Lipinski definition) is 1. The van der Waals surface area contributed by atoms with Crippen LogP contribution in [0.1, 0.15) is 11.1 Å². The highest BCUT2D eigenvalue weighted by molar-refractivity contribution is 9.10. The molecular formula is C17H15BrN2O. The van der Waals surface area contributed by atoms with Crippen LogP contribution in [0.2, 0.25) is 0 Å². The van der Waals surface area contributed by atoms with Gasteiger partial charge in [-0.05, 0) is 63.6 Å². The van der Waals surface area contributed by atoms with Crippen LogP contribution >= 0.6 is 15.9 Å². The lowest BCUT2D eigenvalue weighted by molar-refractivity contribution is -0.115. The summed E-state index contributed by atoms with van der Waals surface area (Å²) in [6.45, 7) is 2.02. The first-order valence-corrected chi connectivity index (χ1v) is 7.53. The van der Waals surface area contributed by atoms with E-state index in [0.29, 0.717) is 6.42 Å². The largest absolute Gasteiger partial charge is 0.361 e. The smallest absolute Gasteiger partial charge is 0.228 e. The van der Waals surface area contributed by atoms with E-state index in [2.05, 4.69) is 26.2 Å². The van der Waals surface area contributed by atoms with E-state index in [1.54, 1.807) is 0 Å². The second-order valence-corrected chi connectivity index (χ2v) is 5.96. The second kappa shape index (κ2) is 5.74. The van der Waals surface area contributed by atoms with Crippen molar-refractivity contribution >= 4 is 38.4 Å². The number of anilines is 1. The Balaban J connectivity index is 1.73. The summed E-state index contributed by atoms with van der Waals surface area (Å²) in [5.74, 6) is -0.0227. The van der Waals surface area contributed by atoms with E-state index < -0.39 is 0 Å². The summed E-state index contributed by atoms with van der Waals surface area (Å²) in [5.41, 5.74) is 3.99. The first-order chi connectivity index (χ1) is 10.1. The molecule has 2 N–H and O–H groups in total. The quantitative estimate of drug-likeness (QED) is 0.726. The molecule has 0 fully saturated rings. The van der Waals surface area contributed by atoms with Crippen LogP contribution in [0.25, 0.3) is 10.9 Å². The minimum Gasteiger partial charge on any atom is -0.361 e. The van der Waals surface area contributed by atoms with Crippen LogP contribution in [0.15, 0.2) is 53.1 Å². The third-order valence-corrected chi connectivity index (χ3v) is 4.04. The van der Waals surface area contributed by atoms with Crippen LogP contribution in [0.3, 0.4) is 0 Å². The molecule has 1 heterocycles. The van der Waals surface area contributed by atoms with Crippen LogP contribution in [0.5, 0.6) is 0 Å². The normalized spacial score (nSPS) is 10.8. The van der Waals surface area contributed by atoms with Gasteiger partial charge in [-0.25, -0.2) is 0 Å². The van der Waals surface area contributed by atoms with Crippen LogP contribution < -0.4 is 5.32 Å². The third kappa shape index (κ3) is 3.16. The summed E-state index contributed by atoms with van der Waals surface area (Å²) in [6.07, 6.45) is 2.26. The van der Waals surface area contributed by atoms with Crippen molar-refractivity contribution in [3.8, 4) is 0 Å². The lowest BCUT2D eigenvalue weighted by Crippen LogP contribution is -2.14. The highest BCUT2D eigenvalue weighted by Crippen LogP contribution is 2.23. The van der Waals surface area contributed by atoms with Crippen molar-refractivity contribution in [2.45, 2.75) is 13.3 Å². The molecule has 2 aromatic carbocycles. The number of aryl methyl sites for hydroxylation is 1. The van der Waals surface area contributed by atoms with Gasteiger partial charge in [0.1, 0.15) is 0 Å². The van der Waals surface area contributed by atoms with Crippen molar-refractivity contribution in [1.82, 2.24) is 4.98 Å². The number of aromatic nitrogens is 1. The summed E-state index contributed by atoms with van der Waals surface area (Å²) in [6, 6.07) is 13.9. The number of halogens is 1. The van der Waals surface area contributed by atoms with Crippen LogP contribution in [-0.4, -0.2) is 10.9 Å². The van der Waals surface area contributed by atoms with E-state index in [9.17, 15) is 4.79 Å². The summed E-state index contributed by atoms with van der Waals surface area (Å²) < 4.78 is 0.899. The molecule has 0 atom stereocenters. The number of fused-ring (bicyclic) bond motifs is 1. The van der Waals surface area contributed by atoms with E-state index in [-0.39, 0.29) is 5.91 Å². The molecule has 1 aromatic heterocycles. The van der Waals surface area contributed by atoms with Crippen molar-refractivity contribution in [1.29, 1.82) is 0 Å². The Morgan fingerprint density at radius 3 is 2.86 bits per heavy atom. The van der Waals surface area contributed by atoms with Gasteiger partial charge in [0.25, 0.3) is 0 Å². The Kier molecular flexibility index (Phi) is 3.80. The fourth-order valence-electron chi connectivity index (χ4n) is 2.31. The molecule has 0 aliphatic rings. The minimum absolute atomic E-state index is 0.0227. The SMILES string of the molecule is Cc1ccc(NC(=O)Cc2ccc3cc[nH]c3c2)c(Br)c1. The van der Waals surface area contributed by atoms with Crippen LogP contribution in [-0.2, 0) is 11.2 Å². The Bertz CT molecular complexity index is 807. The van der Waals surface area contributed by atoms with Gasteiger partial charge in [-0.15, -0.1) is 0 Å². The fourth-order valence-corrected chi connectivity index (χ4v) is 2.90. The molecule has 0 radical (unpaired) electrons. The molecule has 106 valence electrons. The lowest BCUT2D eigenvalue weighted by Gasteiger charge is -2.08. The monoisotopic (exact) mass is 342 g/mol. The Hall–Kier alpha value is -2.07. The Labute approximate surface area is 131 Å². The van der Waals surface area contributed by atoms with Gasteiger partial charge in [0.2, 0.25) is 5.91 Å². The molecule has 3 rings (SSSR count). The van der Waals surface area contributed by atoms with Crippen molar-refractivity contribution in [2.75, 3.05) is 5.32 Å². The fraction of sp³-hybridized carbons (Fsp3) is 0.118. The predicted molar refractivity (Wildman–Crippen MR) is 89.5 cm³/mol. The van der Waals surface area contributed by atoms with Gasteiger partial charge in [0.05, 0.1) is 12.1 Å². The average Bonchev–Trinajstić information content (AvgIpc) is 2.89. The number of nitrogens with one attached hydrogen (secondary N) is 2. The Morgan fingerprint density at radius 1 is 1.19 bits per heavy atom. The number of carbonyl (C=O) groups is 1. The lowest BCUT2D eigenvalue weighted by atomic mass is 10.1. The second-order valence-electron chi connectivity index (χ2n) is 5.11. The maximum Gasteiger partial charge on any atom is 0.228 e. The van der Waals surface area contributed by atoms with Crippen LogP contribution in [0, 0.1) is 6.92 Å². The van der Waals surface area contributed by atoms with Gasteiger partial charge in [0.15, 0.2) is 0 Å². The van der Waals surface area contributed by atoms with Gasteiger partial charge in [0, 0.05) is 16.2 Å². The van der Waals surface area contributed by atoms with E-state index in [1.807, 2.05) is 55.6 Å². The van der Waals surface area contributed by atoms with Gasteiger partial charge in [-0.3, -0.25) is 4.79 Å². The van der Waals surface area contributed by atoms with Gasteiger partial charge < -0.3 is 10.3 Å². The standard InChI is InChI=1S/C17H15BrN2O/c1-11-2-5-15(14(18)8-11)20-17(21)10-12-3-4-13-6-7-19-16(13)9-12/h2-9,19H,10H2,1H3,(H,20,21). The van der Waals surface area contributed by atoms with Crippen molar-refractivity contribution < 1.29 is 4.79 Å². The maximum absolute atomic E-state index is 12.2. The molecule has 21 heavy (non-hydrogen) atoms. The Morgan fingerprint density at radius 2 is 2.05 bits per heavy atom. The molecule has 4 heteroatoms. The molecule has 3 nitrogen and oxygen atoms in total. The molecule has 0 bridgehead atoms. The zero-order valence-electron chi connectivity index (χ0n) is 11.6. The van der Waals surface area contributed by atoms with Gasteiger partial charge >= 0.3 is 0 Å². The predicted octanol–water partition coefficient (Wildman–Crippen LogP) is 4.42. The highest BCUT2D eigenvalue weighted by atomic mass is 79.9. The van der Waals surface area contributed by atoms with Gasteiger partial charge in [-0.2, -0.15) is 0 Å². The number of H-pyrrole nitrogens is 1. The minimum atomic E-state index is -0.0227. The first-order valence-electron chi connectivity index (χ1n) is 6.74. The third-order valence-electron chi connectivity index (χ3n) is 3.38. The number of carbonyl (C=O) groups excluding carboxylic acids is 1. The topological polar surface area (TPSA) is 44.9 Å². The molecule has 1 amide bonds. The zero-order chi connectivity index (χ0) is 14.8. The molecule has 0 spiro atoms. The number of benzene rings is 2. The summed E-state index contributed by atoms with van der Waals surface area (Å²) in [4.78, 5) is 15.3. The molecule has 0 aliphatic carbocycles. The number of hydrogen-bond donors (Lipinski definition) is 2. The van der Waals surface area contributed by atoms with E-state index in [4.69, 9.17) is 0 Å². The summed E-state index contributed by atoms with van der Waals surface area (Å²) >= 11 is 3.47.